The van der Waals surface area contributed by atoms with Crippen molar-refractivity contribution in [3.8, 4) is 0 Å². The summed E-state index contributed by atoms with van der Waals surface area (Å²) >= 11 is 0. The Labute approximate surface area is 176 Å². The maximum Gasteiger partial charge on any atom is 2.00 e. The molecule has 4 nitrogen and oxygen atoms in total. The number of rotatable bonds is 5. The molecule has 1 aromatic carbocycles. The molecule has 1 saturated carbocycles. The number of carbonyl (C=O) groups is 2. The van der Waals surface area contributed by atoms with Crippen LogP contribution in [0.2, 0.25) is 0 Å². The van der Waals surface area contributed by atoms with Crippen LogP contribution in [-0.2, 0) is 16.0 Å². The third kappa shape index (κ3) is 4.96. The fourth-order valence-corrected chi connectivity index (χ4v) is 4.09. The molecule has 1 saturated heterocycles. The fraction of sp³-hybridized carbons (Fsp3) is 0.579. The van der Waals surface area contributed by atoms with Crippen molar-refractivity contribution >= 4 is 49.6 Å². The van der Waals surface area contributed by atoms with Crippen molar-refractivity contribution in [3.63, 3.8) is 0 Å². The van der Waals surface area contributed by atoms with Crippen molar-refractivity contribution in [2.75, 3.05) is 13.1 Å². The fourth-order valence-electron chi connectivity index (χ4n) is 4.09. The van der Waals surface area contributed by atoms with Gasteiger partial charge in [0.1, 0.15) is 0 Å². The zero-order valence-corrected chi connectivity index (χ0v) is 16.4. The van der Waals surface area contributed by atoms with Crippen molar-refractivity contribution in [1.82, 2.24) is 4.90 Å². The first kappa shape index (κ1) is 19.7. The average molecular weight is 358 g/mol. The van der Waals surface area contributed by atoms with Gasteiger partial charge in [-0.1, -0.05) is 43.2 Å². The van der Waals surface area contributed by atoms with Crippen molar-refractivity contribution in [1.29, 1.82) is 0 Å². The van der Waals surface area contributed by atoms with Crippen LogP contribution in [-0.4, -0.2) is 72.7 Å². The van der Waals surface area contributed by atoms with Crippen LogP contribution in [0.1, 0.15) is 40.5 Å². The van der Waals surface area contributed by atoms with Crippen molar-refractivity contribution in [2.24, 2.45) is 17.8 Å². The third-order valence-electron chi connectivity index (χ3n) is 5.42. The molecule has 5 heteroatoms. The summed E-state index contributed by atoms with van der Waals surface area (Å²) in [5.41, 5.74) is 0.975. The maximum absolute atomic E-state index is 12.6. The zero-order chi connectivity index (χ0) is 16.2. The van der Waals surface area contributed by atoms with Gasteiger partial charge in [-0.3, -0.25) is 9.59 Å². The Balaban J connectivity index is 0.00000208. The number of nitrogens with zero attached hydrogens (tertiary/aromatic N) is 1. The predicted molar refractivity (Wildman–Crippen MR) is 95.9 cm³/mol. The molecule has 0 spiro atoms. The van der Waals surface area contributed by atoms with Gasteiger partial charge in [-0.05, 0) is 36.7 Å². The smallest absolute Gasteiger partial charge is 1.00 e. The monoisotopic (exact) mass is 357 g/mol. The molecule has 1 aliphatic carbocycles. The first-order valence-corrected chi connectivity index (χ1v) is 8.68. The summed E-state index contributed by atoms with van der Waals surface area (Å²) in [6.45, 7) is 1.67. The molecular weight excluding hydrogens is 330 g/mol. The number of hydrogen-bond acceptors (Lipinski definition) is 2. The Bertz CT molecular complexity index is 559. The molecule has 1 aromatic rings. The first-order chi connectivity index (χ1) is 11.1. The minimum Gasteiger partial charge on any atom is -1.00 e. The quantitative estimate of drug-likeness (QED) is 0.825. The van der Waals surface area contributed by atoms with Crippen LogP contribution in [0, 0.1) is 17.8 Å². The molecule has 0 unspecified atom stereocenters. The molecule has 0 bridgehead atoms. The predicted octanol–water partition coefficient (Wildman–Crippen LogP) is 2.81. The maximum atomic E-state index is 12.6. The number of amides is 1. The largest absolute Gasteiger partial charge is 2.00 e. The molecule has 24 heavy (non-hydrogen) atoms. The standard InChI is InChI=1S/C19H25NO3.Ca.2H/c21-18(20-12-15-8-4-5-9-16(15)13-20)11-17(19(22)23)10-14-6-2-1-3-7-14;;;/h1-3,6-7,15-17H,4-5,8-13H2,(H,22,23);;;/q;+2;2*-1/t15-,16+,17-;;;/m0.../s1. The number of carbonyl (C=O) groups excluding carboxylic acids is 1. The van der Waals surface area contributed by atoms with Gasteiger partial charge < -0.3 is 12.9 Å². The molecule has 0 radical (unpaired) electrons. The van der Waals surface area contributed by atoms with E-state index in [0.717, 1.165) is 18.7 Å². The number of likely N-dealkylation sites (tertiary alicyclic amines) is 1. The summed E-state index contributed by atoms with van der Waals surface area (Å²) in [6, 6.07) is 9.56. The third-order valence-corrected chi connectivity index (χ3v) is 5.42. The van der Waals surface area contributed by atoms with Crippen LogP contribution in [0.15, 0.2) is 30.3 Å². The van der Waals surface area contributed by atoms with Crippen LogP contribution in [0.3, 0.4) is 0 Å². The van der Waals surface area contributed by atoms with Gasteiger partial charge in [0.2, 0.25) is 5.91 Å². The van der Waals surface area contributed by atoms with E-state index in [1.807, 2.05) is 35.2 Å². The van der Waals surface area contributed by atoms with Crippen LogP contribution in [0.5, 0.6) is 0 Å². The van der Waals surface area contributed by atoms with E-state index in [4.69, 9.17) is 0 Å². The molecule has 2 fully saturated rings. The molecule has 3 atom stereocenters. The number of benzene rings is 1. The summed E-state index contributed by atoms with van der Waals surface area (Å²) in [5, 5.41) is 9.46. The number of hydrogen-bond donors (Lipinski definition) is 1. The molecule has 128 valence electrons. The molecule has 3 rings (SSSR count). The topological polar surface area (TPSA) is 57.6 Å². The molecular formula is C19H27CaNO3. The van der Waals surface area contributed by atoms with Crippen LogP contribution >= 0.6 is 0 Å². The van der Waals surface area contributed by atoms with Gasteiger partial charge in [-0.2, -0.15) is 0 Å². The van der Waals surface area contributed by atoms with E-state index >= 15 is 0 Å². The zero-order valence-electron chi connectivity index (χ0n) is 16.2. The SMILES string of the molecule is O=C(O)[C@H](CC(=O)N1C[C@H]2CCCC[C@H]2C1)Cc1ccccc1.[Ca+2].[H-].[H-]. The molecule has 1 heterocycles. The van der Waals surface area contributed by atoms with Crippen molar-refractivity contribution < 1.29 is 17.5 Å². The van der Waals surface area contributed by atoms with Crippen molar-refractivity contribution in [3.05, 3.63) is 35.9 Å². The molecule has 1 N–H and O–H groups in total. The summed E-state index contributed by atoms with van der Waals surface area (Å²) in [5.74, 6) is -0.204. The first-order valence-electron chi connectivity index (χ1n) is 8.68. The second-order valence-electron chi connectivity index (χ2n) is 7.03. The normalized spacial score (nSPS) is 23.9. The second kappa shape index (κ2) is 9.21. The van der Waals surface area contributed by atoms with Gasteiger partial charge in [-0.25, -0.2) is 0 Å². The molecule has 0 aromatic heterocycles. The van der Waals surface area contributed by atoms with Gasteiger partial charge in [-0.15, -0.1) is 0 Å². The second-order valence-corrected chi connectivity index (χ2v) is 7.03. The summed E-state index contributed by atoms with van der Waals surface area (Å²) in [4.78, 5) is 26.0. The molecule has 1 aliphatic heterocycles. The minimum absolute atomic E-state index is 0. The van der Waals surface area contributed by atoms with Gasteiger partial charge in [0.05, 0.1) is 5.92 Å². The van der Waals surface area contributed by atoms with E-state index in [1.165, 1.54) is 25.7 Å². The Hall–Kier alpha value is -0.580. The average Bonchev–Trinajstić information content (AvgIpc) is 2.99. The van der Waals surface area contributed by atoms with E-state index < -0.39 is 11.9 Å². The number of fused-ring (bicyclic) bond motifs is 1. The van der Waals surface area contributed by atoms with Gasteiger partial charge >= 0.3 is 43.7 Å². The number of aliphatic carboxylic acids is 1. The Morgan fingerprint density at radius 2 is 1.71 bits per heavy atom. The van der Waals surface area contributed by atoms with E-state index in [1.54, 1.807) is 0 Å². The minimum atomic E-state index is -0.876. The van der Waals surface area contributed by atoms with Gasteiger partial charge in [0, 0.05) is 19.5 Å². The van der Waals surface area contributed by atoms with Crippen molar-refractivity contribution in [2.45, 2.75) is 38.5 Å². The van der Waals surface area contributed by atoms with E-state index in [9.17, 15) is 14.7 Å². The van der Waals surface area contributed by atoms with Gasteiger partial charge in [0.15, 0.2) is 0 Å². The summed E-state index contributed by atoms with van der Waals surface area (Å²) in [7, 11) is 0. The van der Waals surface area contributed by atoms with Crippen LogP contribution < -0.4 is 0 Å². The Morgan fingerprint density at radius 3 is 2.25 bits per heavy atom. The summed E-state index contributed by atoms with van der Waals surface area (Å²) in [6.07, 6.45) is 5.53. The van der Waals surface area contributed by atoms with E-state index in [0.29, 0.717) is 18.3 Å². The van der Waals surface area contributed by atoms with Gasteiger partial charge in [0.25, 0.3) is 0 Å². The number of carboxylic acid groups (broad SMARTS) is 1. The van der Waals surface area contributed by atoms with E-state index in [2.05, 4.69) is 0 Å². The Kier molecular flexibility index (Phi) is 7.58. The number of carboxylic acids is 1. The molecule has 1 amide bonds. The van der Waals surface area contributed by atoms with Crippen LogP contribution in [0.4, 0.5) is 0 Å². The molecule has 2 aliphatic rings. The Morgan fingerprint density at radius 1 is 1.12 bits per heavy atom. The summed E-state index contributed by atoms with van der Waals surface area (Å²) < 4.78 is 0. The van der Waals surface area contributed by atoms with E-state index in [-0.39, 0.29) is 52.9 Å². The van der Waals surface area contributed by atoms with Crippen LogP contribution in [0.25, 0.3) is 0 Å².